The Kier molecular flexibility index (Phi) is 4.80. The minimum absolute atomic E-state index is 1.01. The second-order valence-corrected chi connectivity index (χ2v) is 16.9. The zero-order valence-electron chi connectivity index (χ0n) is 12.9. The number of nitrogens with zero attached hydrogens (tertiary/aromatic N) is 1. The highest BCUT2D eigenvalue weighted by molar-refractivity contribution is 6.89. The molecule has 0 spiro atoms. The topological polar surface area (TPSA) is 12.5 Å². The first-order valence-electron chi connectivity index (χ1n) is 6.56. The van der Waals surface area contributed by atoms with Gasteiger partial charge in [-0.2, -0.15) is 0 Å². The average molecular weight is 282 g/mol. The van der Waals surface area contributed by atoms with Crippen molar-refractivity contribution in [2.24, 2.45) is 0 Å². The number of rotatable bonds is 5. The normalized spacial score (nSPS) is 12.9. The molecule has 1 aromatic carbocycles. The molecule has 4 heteroatoms. The summed E-state index contributed by atoms with van der Waals surface area (Å²) >= 11 is 0. The molecule has 0 atom stereocenters. The van der Waals surface area contributed by atoms with Gasteiger partial charge in [0.05, 0.1) is 7.11 Å². The lowest BCUT2D eigenvalue weighted by atomic mass is 10.2. The van der Waals surface area contributed by atoms with Gasteiger partial charge in [-0.05, 0) is 6.07 Å². The van der Waals surface area contributed by atoms with Gasteiger partial charge in [-0.1, -0.05) is 57.5 Å². The summed E-state index contributed by atoms with van der Waals surface area (Å²) in [6.07, 6.45) is 0. The van der Waals surface area contributed by atoms with E-state index in [9.17, 15) is 0 Å². The minimum atomic E-state index is -1.30. The maximum absolute atomic E-state index is 5.48. The van der Waals surface area contributed by atoms with Gasteiger partial charge in [0, 0.05) is 12.1 Å². The zero-order chi connectivity index (χ0) is 14.0. The molecule has 0 N–H and O–H groups in total. The molecule has 0 aliphatic heterocycles. The SMILES string of the molecule is COc1ccccc1CN([Si](C)(C)C)[Si](C)(C)C. The summed E-state index contributed by atoms with van der Waals surface area (Å²) in [4.78, 5) is 0. The number of hydrogen-bond acceptors (Lipinski definition) is 2. The Bertz CT molecular complexity index is 380. The monoisotopic (exact) mass is 281 g/mol. The fourth-order valence-electron chi connectivity index (χ4n) is 2.48. The van der Waals surface area contributed by atoms with Crippen molar-refractivity contribution in [1.82, 2.24) is 4.23 Å². The van der Waals surface area contributed by atoms with Gasteiger partial charge in [0.25, 0.3) is 0 Å². The van der Waals surface area contributed by atoms with Crippen LogP contribution >= 0.6 is 0 Å². The number of benzene rings is 1. The molecule has 0 aliphatic carbocycles. The third-order valence-corrected chi connectivity index (χ3v) is 10.7. The van der Waals surface area contributed by atoms with E-state index in [2.05, 4.69) is 61.7 Å². The summed E-state index contributed by atoms with van der Waals surface area (Å²) < 4.78 is 8.25. The predicted molar refractivity (Wildman–Crippen MR) is 85.2 cm³/mol. The van der Waals surface area contributed by atoms with E-state index in [1.807, 2.05) is 6.07 Å². The van der Waals surface area contributed by atoms with Crippen molar-refractivity contribution in [3.05, 3.63) is 29.8 Å². The maximum atomic E-state index is 5.48. The second kappa shape index (κ2) is 5.59. The molecule has 0 saturated heterocycles. The summed E-state index contributed by atoms with van der Waals surface area (Å²) in [5, 5.41) is 0. The van der Waals surface area contributed by atoms with Gasteiger partial charge in [-0.25, -0.2) is 0 Å². The number of ether oxygens (including phenoxy) is 1. The van der Waals surface area contributed by atoms with Gasteiger partial charge in [0.2, 0.25) is 0 Å². The van der Waals surface area contributed by atoms with Gasteiger partial charge in [0.15, 0.2) is 0 Å². The molecule has 0 heterocycles. The Hall–Kier alpha value is -0.586. The Balaban J connectivity index is 3.05. The Labute approximate surface area is 114 Å². The summed E-state index contributed by atoms with van der Waals surface area (Å²) in [6, 6.07) is 8.38. The smallest absolute Gasteiger partial charge is 0.123 e. The van der Waals surface area contributed by atoms with Crippen LogP contribution in [0.25, 0.3) is 0 Å². The standard InChI is InChI=1S/C14H27NOSi2/c1-16-14-11-9-8-10-13(14)12-15(17(2,3)4)18(5,6)7/h8-11H,12H2,1-7H3. The van der Waals surface area contributed by atoms with Crippen molar-refractivity contribution in [3.8, 4) is 5.75 Å². The first kappa shape index (κ1) is 15.5. The molecule has 2 nitrogen and oxygen atoms in total. The highest BCUT2D eigenvalue weighted by Crippen LogP contribution is 2.26. The third kappa shape index (κ3) is 3.97. The Morgan fingerprint density at radius 2 is 1.44 bits per heavy atom. The summed E-state index contributed by atoms with van der Waals surface area (Å²) in [6.45, 7) is 15.6. The van der Waals surface area contributed by atoms with Crippen LogP contribution in [0.2, 0.25) is 39.3 Å². The van der Waals surface area contributed by atoms with E-state index >= 15 is 0 Å². The largest absolute Gasteiger partial charge is 0.496 e. The second-order valence-electron chi connectivity index (χ2n) is 6.74. The fourth-order valence-corrected chi connectivity index (χ4v) is 11.8. The average Bonchev–Trinajstić information content (AvgIpc) is 2.23. The van der Waals surface area contributed by atoms with Crippen LogP contribution in [0.3, 0.4) is 0 Å². The molecule has 0 unspecified atom stereocenters. The highest BCUT2D eigenvalue weighted by atomic mass is 28.4. The zero-order valence-corrected chi connectivity index (χ0v) is 14.9. The van der Waals surface area contributed by atoms with Crippen LogP contribution < -0.4 is 4.74 Å². The lowest BCUT2D eigenvalue weighted by Gasteiger charge is -2.43. The molecule has 0 bridgehead atoms. The molecule has 0 aliphatic rings. The van der Waals surface area contributed by atoms with Crippen LogP contribution in [0.5, 0.6) is 5.75 Å². The molecule has 1 aromatic rings. The Morgan fingerprint density at radius 1 is 0.944 bits per heavy atom. The van der Waals surface area contributed by atoms with Crippen molar-refractivity contribution in [3.63, 3.8) is 0 Å². The van der Waals surface area contributed by atoms with Crippen molar-refractivity contribution in [1.29, 1.82) is 0 Å². The van der Waals surface area contributed by atoms with Crippen molar-refractivity contribution < 1.29 is 4.74 Å². The lowest BCUT2D eigenvalue weighted by molar-refractivity contribution is 0.405. The van der Waals surface area contributed by atoms with Gasteiger partial charge in [0.1, 0.15) is 22.2 Å². The van der Waals surface area contributed by atoms with Crippen LogP contribution in [-0.4, -0.2) is 27.8 Å². The quantitative estimate of drug-likeness (QED) is 0.751. The van der Waals surface area contributed by atoms with Crippen LogP contribution in [0.4, 0.5) is 0 Å². The molecule has 18 heavy (non-hydrogen) atoms. The molecule has 0 saturated carbocycles. The lowest BCUT2D eigenvalue weighted by Crippen LogP contribution is -2.58. The highest BCUT2D eigenvalue weighted by Gasteiger charge is 2.34. The molecule has 0 fully saturated rings. The first-order valence-corrected chi connectivity index (χ1v) is 13.5. The van der Waals surface area contributed by atoms with Crippen molar-refractivity contribution in [2.45, 2.75) is 45.8 Å². The summed E-state index contributed by atoms with van der Waals surface area (Å²) in [7, 11) is -0.846. The minimum Gasteiger partial charge on any atom is -0.496 e. The van der Waals surface area contributed by atoms with E-state index in [0.717, 1.165) is 12.3 Å². The fraction of sp³-hybridized carbons (Fsp3) is 0.571. The van der Waals surface area contributed by atoms with Crippen LogP contribution in [0.1, 0.15) is 5.56 Å². The Morgan fingerprint density at radius 3 is 1.89 bits per heavy atom. The first-order chi connectivity index (χ1) is 8.16. The van der Waals surface area contributed by atoms with Crippen molar-refractivity contribution in [2.75, 3.05) is 7.11 Å². The maximum Gasteiger partial charge on any atom is 0.123 e. The van der Waals surface area contributed by atoms with Crippen LogP contribution in [-0.2, 0) is 6.54 Å². The number of methoxy groups -OCH3 is 1. The van der Waals surface area contributed by atoms with Crippen LogP contribution in [0.15, 0.2) is 24.3 Å². The number of para-hydroxylation sites is 1. The van der Waals surface area contributed by atoms with Crippen LogP contribution in [0, 0.1) is 0 Å². The van der Waals surface area contributed by atoms with Crippen molar-refractivity contribution >= 4 is 16.5 Å². The van der Waals surface area contributed by atoms with Gasteiger partial charge >= 0.3 is 0 Å². The van der Waals surface area contributed by atoms with E-state index < -0.39 is 16.5 Å². The summed E-state index contributed by atoms with van der Waals surface area (Å²) in [5.41, 5.74) is 1.31. The molecule has 0 amide bonds. The van der Waals surface area contributed by atoms with E-state index in [-0.39, 0.29) is 0 Å². The van der Waals surface area contributed by atoms with Gasteiger partial charge in [-0.15, -0.1) is 0 Å². The summed E-state index contributed by atoms with van der Waals surface area (Å²) in [5.74, 6) is 1.01. The molecular weight excluding hydrogens is 254 g/mol. The predicted octanol–water partition coefficient (Wildman–Crippen LogP) is 4.17. The van der Waals surface area contributed by atoms with E-state index in [4.69, 9.17) is 4.74 Å². The third-order valence-electron chi connectivity index (χ3n) is 3.14. The van der Waals surface area contributed by atoms with E-state index in [0.29, 0.717) is 0 Å². The molecule has 0 radical (unpaired) electrons. The molecule has 102 valence electrons. The molecule has 1 rings (SSSR count). The van der Waals surface area contributed by atoms with Gasteiger partial charge in [-0.3, -0.25) is 0 Å². The number of hydrogen-bond donors (Lipinski definition) is 0. The molecule has 0 aromatic heterocycles. The van der Waals surface area contributed by atoms with E-state index in [1.54, 1.807) is 7.11 Å². The molecular formula is C14H27NOSi2. The van der Waals surface area contributed by atoms with Gasteiger partial charge < -0.3 is 8.97 Å². The van der Waals surface area contributed by atoms with E-state index in [1.165, 1.54) is 5.56 Å².